The molecule has 0 aliphatic rings. The molecule has 0 bridgehead atoms. The van der Waals surface area contributed by atoms with Gasteiger partial charge in [0.15, 0.2) is 0 Å². The quantitative estimate of drug-likeness (QED) is 0.795. The standard InChI is InChI=1S/C14H24N2/c1-4-6-12(7-5-2)14(15)13-8-11(3)9-16-10-13/h8-10,12,14H,4-7,15H2,1-3H3. The molecule has 0 saturated carbocycles. The van der Waals surface area contributed by atoms with Crippen LogP contribution in [0.5, 0.6) is 0 Å². The predicted molar refractivity (Wildman–Crippen MR) is 69.2 cm³/mol. The highest BCUT2D eigenvalue weighted by molar-refractivity contribution is 5.20. The van der Waals surface area contributed by atoms with Gasteiger partial charge in [0.05, 0.1) is 0 Å². The lowest BCUT2D eigenvalue weighted by atomic mass is 9.87. The molecule has 0 saturated heterocycles. The summed E-state index contributed by atoms with van der Waals surface area (Å²) >= 11 is 0. The number of nitrogens with zero attached hydrogens (tertiary/aromatic N) is 1. The van der Waals surface area contributed by atoms with Crippen molar-refractivity contribution in [2.75, 3.05) is 0 Å². The van der Waals surface area contributed by atoms with E-state index in [2.05, 4.69) is 31.8 Å². The van der Waals surface area contributed by atoms with E-state index in [0.717, 1.165) is 0 Å². The van der Waals surface area contributed by atoms with Gasteiger partial charge in [0.1, 0.15) is 0 Å². The van der Waals surface area contributed by atoms with Crippen LogP contribution >= 0.6 is 0 Å². The fourth-order valence-corrected chi connectivity index (χ4v) is 2.28. The van der Waals surface area contributed by atoms with Crippen LogP contribution in [0, 0.1) is 12.8 Å². The van der Waals surface area contributed by atoms with Gasteiger partial charge in [-0.05, 0) is 36.8 Å². The van der Waals surface area contributed by atoms with E-state index in [4.69, 9.17) is 5.73 Å². The van der Waals surface area contributed by atoms with Crippen molar-refractivity contribution in [3.63, 3.8) is 0 Å². The summed E-state index contributed by atoms with van der Waals surface area (Å²) in [4.78, 5) is 4.23. The molecule has 16 heavy (non-hydrogen) atoms. The lowest BCUT2D eigenvalue weighted by molar-refractivity contribution is 0.368. The topological polar surface area (TPSA) is 38.9 Å². The molecule has 1 aromatic heterocycles. The van der Waals surface area contributed by atoms with Crippen molar-refractivity contribution >= 4 is 0 Å². The third-order valence-electron chi connectivity index (χ3n) is 3.11. The van der Waals surface area contributed by atoms with Gasteiger partial charge in [-0.2, -0.15) is 0 Å². The van der Waals surface area contributed by atoms with Crippen LogP contribution in [0.25, 0.3) is 0 Å². The molecule has 2 N–H and O–H groups in total. The van der Waals surface area contributed by atoms with Gasteiger partial charge in [0.25, 0.3) is 0 Å². The maximum Gasteiger partial charge on any atom is 0.0338 e. The second kappa shape index (κ2) is 6.64. The van der Waals surface area contributed by atoms with Crippen molar-refractivity contribution in [3.05, 3.63) is 29.6 Å². The van der Waals surface area contributed by atoms with Crippen molar-refractivity contribution in [2.45, 2.75) is 52.5 Å². The molecule has 2 nitrogen and oxygen atoms in total. The van der Waals surface area contributed by atoms with Gasteiger partial charge in [-0.1, -0.05) is 32.8 Å². The molecule has 2 heteroatoms. The third-order valence-corrected chi connectivity index (χ3v) is 3.11. The maximum absolute atomic E-state index is 6.34. The lowest BCUT2D eigenvalue weighted by Gasteiger charge is -2.23. The van der Waals surface area contributed by atoms with E-state index in [9.17, 15) is 0 Å². The summed E-state index contributed by atoms with van der Waals surface area (Å²) in [5, 5.41) is 0. The Kier molecular flexibility index (Phi) is 5.47. The Bertz CT molecular complexity index is 303. The molecule has 0 fully saturated rings. The third kappa shape index (κ3) is 3.60. The van der Waals surface area contributed by atoms with Crippen molar-refractivity contribution < 1.29 is 0 Å². The van der Waals surface area contributed by atoms with Crippen LogP contribution in [0.1, 0.15) is 56.7 Å². The predicted octanol–water partition coefficient (Wildman–Crippen LogP) is 3.61. The smallest absolute Gasteiger partial charge is 0.0338 e. The highest BCUT2D eigenvalue weighted by Gasteiger charge is 2.18. The van der Waals surface area contributed by atoms with Gasteiger partial charge in [0, 0.05) is 18.4 Å². The average molecular weight is 220 g/mol. The minimum Gasteiger partial charge on any atom is -0.324 e. The summed E-state index contributed by atoms with van der Waals surface area (Å²) in [6.45, 7) is 6.52. The van der Waals surface area contributed by atoms with E-state index < -0.39 is 0 Å². The Balaban J connectivity index is 2.76. The van der Waals surface area contributed by atoms with E-state index in [1.165, 1.54) is 36.8 Å². The number of aromatic nitrogens is 1. The molecule has 1 rings (SSSR count). The Hall–Kier alpha value is -0.890. The largest absolute Gasteiger partial charge is 0.324 e. The van der Waals surface area contributed by atoms with Gasteiger partial charge in [0.2, 0.25) is 0 Å². The summed E-state index contributed by atoms with van der Waals surface area (Å²) < 4.78 is 0. The van der Waals surface area contributed by atoms with Gasteiger partial charge in [-0.3, -0.25) is 4.98 Å². The molecule has 1 unspecified atom stereocenters. The minimum atomic E-state index is 0.146. The van der Waals surface area contributed by atoms with Crippen LogP contribution in [0.3, 0.4) is 0 Å². The molecule has 1 aromatic rings. The number of hydrogen-bond acceptors (Lipinski definition) is 2. The first kappa shape index (κ1) is 13.2. The number of pyridine rings is 1. The number of aryl methyl sites for hydroxylation is 1. The zero-order valence-corrected chi connectivity index (χ0v) is 10.7. The van der Waals surface area contributed by atoms with Crippen LogP contribution in [-0.4, -0.2) is 4.98 Å². The second-order valence-electron chi connectivity index (χ2n) is 4.66. The average Bonchev–Trinajstić information content (AvgIpc) is 2.28. The van der Waals surface area contributed by atoms with Gasteiger partial charge in [-0.15, -0.1) is 0 Å². The lowest BCUT2D eigenvalue weighted by Crippen LogP contribution is -2.21. The zero-order chi connectivity index (χ0) is 12.0. The Morgan fingerprint density at radius 1 is 1.19 bits per heavy atom. The zero-order valence-electron chi connectivity index (χ0n) is 10.7. The Labute approximate surface area is 99.3 Å². The Morgan fingerprint density at radius 2 is 1.81 bits per heavy atom. The van der Waals surface area contributed by atoms with E-state index >= 15 is 0 Å². The van der Waals surface area contributed by atoms with Gasteiger partial charge in [-0.25, -0.2) is 0 Å². The van der Waals surface area contributed by atoms with Crippen LogP contribution in [0.2, 0.25) is 0 Å². The second-order valence-corrected chi connectivity index (χ2v) is 4.66. The highest BCUT2D eigenvalue weighted by atomic mass is 14.7. The summed E-state index contributed by atoms with van der Waals surface area (Å²) in [6.07, 6.45) is 8.63. The van der Waals surface area contributed by atoms with Crippen LogP contribution < -0.4 is 5.73 Å². The number of rotatable bonds is 6. The summed E-state index contributed by atoms with van der Waals surface area (Å²) in [5.74, 6) is 0.596. The first-order valence-corrected chi connectivity index (χ1v) is 6.36. The Morgan fingerprint density at radius 3 is 2.31 bits per heavy atom. The highest BCUT2D eigenvalue weighted by Crippen LogP contribution is 2.27. The maximum atomic E-state index is 6.34. The van der Waals surface area contributed by atoms with Crippen molar-refractivity contribution in [2.24, 2.45) is 11.7 Å². The van der Waals surface area contributed by atoms with Crippen LogP contribution in [0.4, 0.5) is 0 Å². The van der Waals surface area contributed by atoms with Crippen molar-refractivity contribution in [1.29, 1.82) is 0 Å². The fraction of sp³-hybridized carbons (Fsp3) is 0.643. The van der Waals surface area contributed by atoms with Crippen molar-refractivity contribution in [1.82, 2.24) is 4.98 Å². The molecule has 0 aliphatic heterocycles. The first-order chi connectivity index (χ1) is 7.69. The minimum absolute atomic E-state index is 0.146. The van der Waals surface area contributed by atoms with E-state index in [1.807, 2.05) is 12.4 Å². The fourth-order valence-electron chi connectivity index (χ4n) is 2.28. The number of hydrogen-bond donors (Lipinski definition) is 1. The van der Waals surface area contributed by atoms with Crippen LogP contribution in [-0.2, 0) is 0 Å². The molecular weight excluding hydrogens is 196 g/mol. The van der Waals surface area contributed by atoms with Crippen LogP contribution in [0.15, 0.2) is 18.5 Å². The summed E-state index contributed by atoms with van der Waals surface area (Å²) in [5.41, 5.74) is 8.72. The molecule has 90 valence electrons. The first-order valence-electron chi connectivity index (χ1n) is 6.36. The molecule has 0 aliphatic carbocycles. The normalized spacial score (nSPS) is 13.1. The molecule has 1 heterocycles. The molecule has 0 radical (unpaired) electrons. The van der Waals surface area contributed by atoms with E-state index in [0.29, 0.717) is 5.92 Å². The van der Waals surface area contributed by atoms with E-state index in [-0.39, 0.29) is 6.04 Å². The molecule has 0 aromatic carbocycles. The van der Waals surface area contributed by atoms with Gasteiger partial charge >= 0.3 is 0 Å². The van der Waals surface area contributed by atoms with Crippen molar-refractivity contribution in [3.8, 4) is 0 Å². The summed E-state index contributed by atoms with van der Waals surface area (Å²) in [7, 11) is 0. The van der Waals surface area contributed by atoms with E-state index in [1.54, 1.807) is 0 Å². The molecular formula is C14H24N2. The molecule has 0 amide bonds. The monoisotopic (exact) mass is 220 g/mol. The van der Waals surface area contributed by atoms with Gasteiger partial charge < -0.3 is 5.73 Å². The summed E-state index contributed by atoms with van der Waals surface area (Å²) in [6, 6.07) is 2.31. The number of nitrogens with two attached hydrogens (primary N) is 1. The molecule has 0 spiro atoms. The SMILES string of the molecule is CCCC(CCC)C(N)c1cncc(C)c1. The molecule has 1 atom stereocenters.